The quantitative estimate of drug-likeness (QED) is 0.693. The van der Waals surface area contributed by atoms with Crippen LogP contribution in [0.15, 0.2) is 54.6 Å². The minimum Gasteiger partial charge on any atom is -0.329 e. The second kappa shape index (κ2) is 7.57. The molecule has 3 rings (SSSR count). The predicted molar refractivity (Wildman–Crippen MR) is 104 cm³/mol. The van der Waals surface area contributed by atoms with Gasteiger partial charge in [0, 0.05) is 20.1 Å². The van der Waals surface area contributed by atoms with E-state index in [1.54, 1.807) is 0 Å². The van der Waals surface area contributed by atoms with Crippen LogP contribution in [0.25, 0.3) is 11.0 Å². The van der Waals surface area contributed by atoms with Crippen LogP contribution < -0.4 is 4.72 Å². The molecule has 26 heavy (non-hydrogen) atoms. The molecule has 0 bridgehead atoms. The molecule has 0 saturated heterocycles. The van der Waals surface area contributed by atoms with E-state index in [0.717, 1.165) is 16.6 Å². The monoisotopic (exact) mass is 372 g/mol. The molecule has 1 unspecified atom stereocenters. The molecule has 0 fully saturated rings. The maximum absolute atomic E-state index is 12.9. The van der Waals surface area contributed by atoms with Crippen LogP contribution >= 0.6 is 0 Å². The summed E-state index contributed by atoms with van der Waals surface area (Å²) < 4.78 is 31.9. The van der Waals surface area contributed by atoms with Gasteiger partial charge in [-0.2, -0.15) is 17.4 Å². The van der Waals surface area contributed by atoms with Gasteiger partial charge in [0.25, 0.3) is 10.2 Å². The van der Waals surface area contributed by atoms with E-state index in [-0.39, 0.29) is 0 Å². The van der Waals surface area contributed by atoms with E-state index in [2.05, 4.69) is 4.72 Å². The van der Waals surface area contributed by atoms with Crippen molar-refractivity contribution in [3.05, 3.63) is 66.0 Å². The number of hydrogen-bond donors (Lipinski definition) is 1. The van der Waals surface area contributed by atoms with Crippen molar-refractivity contribution < 1.29 is 8.42 Å². The number of rotatable bonds is 7. The van der Waals surface area contributed by atoms with Crippen LogP contribution in [0.4, 0.5) is 0 Å². The van der Waals surface area contributed by atoms with Crippen molar-refractivity contribution in [2.45, 2.75) is 19.9 Å². The lowest BCUT2D eigenvalue weighted by Gasteiger charge is -2.24. The standard InChI is InChI=1S/C19H24N4O2S/c1-4-23(5-2)26(24,25)21-18(15-11-7-6-8-12-15)19-20-16-13-9-10-14-17(16)22(19)3/h6-14,18,21H,4-5H2,1-3H3. The van der Waals surface area contributed by atoms with E-state index in [1.807, 2.05) is 80.1 Å². The minimum absolute atomic E-state index is 0.413. The smallest absolute Gasteiger partial charge is 0.280 e. The Balaban J connectivity index is 2.11. The van der Waals surface area contributed by atoms with Crippen molar-refractivity contribution in [2.75, 3.05) is 13.1 Å². The molecule has 138 valence electrons. The zero-order chi connectivity index (χ0) is 18.7. The predicted octanol–water partition coefficient (Wildman–Crippen LogP) is 2.84. The lowest BCUT2D eigenvalue weighted by molar-refractivity contribution is 0.428. The summed E-state index contributed by atoms with van der Waals surface area (Å²) in [5.74, 6) is 0.660. The molecule has 0 saturated carbocycles. The lowest BCUT2D eigenvalue weighted by Crippen LogP contribution is -2.43. The molecular weight excluding hydrogens is 348 g/mol. The molecule has 0 radical (unpaired) electrons. The maximum atomic E-state index is 12.9. The van der Waals surface area contributed by atoms with Gasteiger partial charge in [0.1, 0.15) is 11.9 Å². The summed E-state index contributed by atoms with van der Waals surface area (Å²) in [6.07, 6.45) is 0. The summed E-state index contributed by atoms with van der Waals surface area (Å²) >= 11 is 0. The number of imidazole rings is 1. The normalized spacial score (nSPS) is 13.4. The van der Waals surface area contributed by atoms with E-state index in [0.29, 0.717) is 18.9 Å². The number of aromatic nitrogens is 2. The molecule has 0 aliphatic rings. The fourth-order valence-corrected chi connectivity index (χ4v) is 4.49. The summed E-state index contributed by atoms with van der Waals surface area (Å²) in [7, 11) is -1.73. The average molecular weight is 372 g/mol. The minimum atomic E-state index is -3.64. The van der Waals surface area contributed by atoms with Crippen molar-refractivity contribution in [3.8, 4) is 0 Å². The van der Waals surface area contributed by atoms with E-state index in [9.17, 15) is 8.42 Å². The Kier molecular flexibility index (Phi) is 5.41. The molecule has 2 aromatic carbocycles. The van der Waals surface area contributed by atoms with Crippen LogP contribution in [0.5, 0.6) is 0 Å². The second-order valence-electron chi connectivity index (χ2n) is 6.07. The van der Waals surface area contributed by atoms with Crippen molar-refractivity contribution >= 4 is 21.2 Å². The Labute approximate surface area is 154 Å². The Bertz CT molecular complexity index is 979. The summed E-state index contributed by atoms with van der Waals surface area (Å²) in [4.78, 5) is 4.70. The summed E-state index contributed by atoms with van der Waals surface area (Å²) in [5, 5.41) is 0. The number of para-hydroxylation sites is 2. The molecule has 3 aromatic rings. The number of fused-ring (bicyclic) bond motifs is 1. The van der Waals surface area contributed by atoms with Crippen molar-refractivity contribution in [1.29, 1.82) is 0 Å². The van der Waals surface area contributed by atoms with Gasteiger partial charge in [-0.3, -0.25) is 0 Å². The highest BCUT2D eigenvalue weighted by atomic mass is 32.2. The first-order valence-electron chi connectivity index (χ1n) is 8.71. The topological polar surface area (TPSA) is 67.2 Å². The van der Waals surface area contributed by atoms with Crippen LogP contribution in [-0.2, 0) is 17.3 Å². The van der Waals surface area contributed by atoms with Crippen molar-refractivity contribution in [2.24, 2.45) is 7.05 Å². The van der Waals surface area contributed by atoms with E-state index in [1.165, 1.54) is 4.31 Å². The average Bonchev–Trinajstić information content (AvgIpc) is 2.98. The molecule has 1 atom stereocenters. The van der Waals surface area contributed by atoms with E-state index in [4.69, 9.17) is 4.98 Å². The largest absolute Gasteiger partial charge is 0.329 e. The van der Waals surface area contributed by atoms with Gasteiger partial charge in [0.2, 0.25) is 0 Å². The first-order chi connectivity index (χ1) is 12.5. The molecular formula is C19H24N4O2S. The van der Waals surface area contributed by atoms with Gasteiger partial charge in [0.15, 0.2) is 0 Å². The third-order valence-corrected chi connectivity index (χ3v) is 6.25. The van der Waals surface area contributed by atoms with Gasteiger partial charge in [-0.15, -0.1) is 0 Å². The van der Waals surface area contributed by atoms with Gasteiger partial charge in [0.05, 0.1) is 11.0 Å². The van der Waals surface area contributed by atoms with Crippen molar-refractivity contribution in [1.82, 2.24) is 18.6 Å². The third-order valence-electron chi connectivity index (χ3n) is 4.52. The zero-order valence-corrected chi connectivity index (χ0v) is 16.1. The molecule has 0 amide bonds. The highest BCUT2D eigenvalue weighted by Gasteiger charge is 2.28. The van der Waals surface area contributed by atoms with Crippen LogP contribution in [0.1, 0.15) is 31.3 Å². The Morgan fingerprint density at radius 1 is 1.04 bits per heavy atom. The SMILES string of the molecule is CCN(CC)S(=O)(=O)NC(c1ccccc1)c1nc2ccccc2n1C. The number of benzene rings is 2. The number of hydrogen-bond acceptors (Lipinski definition) is 3. The molecule has 1 N–H and O–H groups in total. The number of nitrogens with zero attached hydrogens (tertiary/aromatic N) is 3. The van der Waals surface area contributed by atoms with Gasteiger partial charge >= 0.3 is 0 Å². The highest BCUT2D eigenvalue weighted by molar-refractivity contribution is 7.87. The van der Waals surface area contributed by atoms with Crippen LogP contribution in [0.2, 0.25) is 0 Å². The summed E-state index contributed by atoms with van der Waals surface area (Å²) in [6.45, 7) is 4.48. The third kappa shape index (κ3) is 3.51. The molecule has 0 spiro atoms. The number of nitrogens with one attached hydrogen (secondary N) is 1. The van der Waals surface area contributed by atoms with Crippen molar-refractivity contribution in [3.63, 3.8) is 0 Å². The summed E-state index contributed by atoms with van der Waals surface area (Å²) in [6, 6.07) is 16.7. The van der Waals surface area contributed by atoms with Crippen LogP contribution in [0, 0.1) is 0 Å². The number of aryl methyl sites for hydroxylation is 1. The maximum Gasteiger partial charge on any atom is 0.280 e. The highest BCUT2D eigenvalue weighted by Crippen LogP contribution is 2.26. The second-order valence-corrected chi connectivity index (χ2v) is 7.77. The molecule has 1 aromatic heterocycles. The Morgan fingerprint density at radius 2 is 1.65 bits per heavy atom. The molecule has 1 heterocycles. The lowest BCUT2D eigenvalue weighted by atomic mass is 10.1. The molecule has 0 aliphatic carbocycles. The van der Waals surface area contributed by atoms with E-state index < -0.39 is 16.3 Å². The van der Waals surface area contributed by atoms with Crippen LogP contribution in [0.3, 0.4) is 0 Å². The molecule has 7 heteroatoms. The van der Waals surface area contributed by atoms with Gasteiger partial charge < -0.3 is 4.57 Å². The Hall–Kier alpha value is -2.22. The van der Waals surface area contributed by atoms with Gasteiger partial charge in [-0.1, -0.05) is 56.3 Å². The fraction of sp³-hybridized carbons (Fsp3) is 0.316. The fourth-order valence-electron chi connectivity index (χ4n) is 3.12. The van der Waals surface area contributed by atoms with E-state index >= 15 is 0 Å². The summed E-state index contributed by atoms with van der Waals surface area (Å²) in [5.41, 5.74) is 2.65. The van der Waals surface area contributed by atoms with Gasteiger partial charge in [-0.05, 0) is 17.7 Å². The molecule has 6 nitrogen and oxygen atoms in total. The first-order valence-corrected chi connectivity index (χ1v) is 10.2. The van der Waals surface area contributed by atoms with Crippen LogP contribution in [-0.4, -0.2) is 35.4 Å². The molecule has 0 aliphatic heterocycles. The van der Waals surface area contributed by atoms with Gasteiger partial charge in [-0.25, -0.2) is 4.98 Å². The Morgan fingerprint density at radius 3 is 2.27 bits per heavy atom. The first kappa shape index (κ1) is 18.6. The zero-order valence-electron chi connectivity index (χ0n) is 15.3.